The minimum absolute atomic E-state index is 0.0106. The molecule has 0 heterocycles. The van der Waals surface area contributed by atoms with Crippen LogP contribution < -0.4 is 5.32 Å². The zero-order chi connectivity index (χ0) is 62.0. The minimum Gasteiger partial charge on any atom is -0.466 e. The second kappa shape index (κ2) is 75.3. The van der Waals surface area contributed by atoms with Crippen LogP contribution in [-0.2, 0) is 14.3 Å². The van der Waals surface area contributed by atoms with Crippen molar-refractivity contribution in [3.63, 3.8) is 0 Å². The highest BCUT2D eigenvalue weighted by molar-refractivity contribution is 5.76. The summed E-state index contributed by atoms with van der Waals surface area (Å²) in [4.78, 5) is 24.6. The van der Waals surface area contributed by atoms with Crippen molar-refractivity contribution in [1.29, 1.82) is 0 Å². The first-order valence-electron chi connectivity index (χ1n) is 38.9. The minimum atomic E-state index is -0.844. The van der Waals surface area contributed by atoms with Gasteiger partial charge >= 0.3 is 5.97 Å². The van der Waals surface area contributed by atoms with E-state index in [0.29, 0.717) is 19.4 Å². The second-order valence-corrected chi connectivity index (χ2v) is 26.7. The van der Waals surface area contributed by atoms with Crippen molar-refractivity contribution in [1.82, 2.24) is 5.32 Å². The van der Waals surface area contributed by atoms with E-state index in [4.69, 9.17) is 4.74 Å². The summed E-state index contributed by atoms with van der Waals surface area (Å²) in [7, 11) is 0. The van der Waals surface area contributed by atoms with E-state index >= 15 is 0 Å². The van der Waals surface area contributed by atoms with Crippen molar-refractivity contribution in [2.24, 2.45) is 0 Å². The molecule has 2 atom stereocenters. The summed E-state index contributed by atoms with van der Waals surface area (Å²) < 4.78 is 5.50. The van der Waals surface area contributed by atoms with Crippen LogP contribution in [0.25, 0.3) is 0 Å². The van der Waals surface area contributed by atoms with Crippen LogP contribution in [0.5, 0.6) is 0 Å². The molecule has 0 aliphatic rings. The van der Waals surface area contributed by atoms with Gasteiger partial charge in [-0.1, -0.05) is 371 Å². The predicted molar refractivity (Wildman–Crippen MR) is 379 cm³/mol. The lowest BCUT2D eigenvalue weighted by Gasteiger charge is -2.20. The first-order valence-corrected chi connectivity index (χ1v) is 38.9. The van der Waals surface area contributed by atoms with Gasteiger partial charge in [0.2, 0.25) is 5.91 Å². The van der Waals surface area contributed by atoms with Crippen LogP contribution in [0.3, 0.4) is 0 Å². The molecule has 0 bridgehead atoms. The fourth-order valence-corrected chi connectivity index (χ4v) is 12.1. The normalized spacial score (nSPS) is 12.7. The molecular formula is C80H151NO5. The molecule has 0 aromatic heterocycles. The molecule has 0 saturated carbocycles. The van der Waals surface area contributed by atoms with E-state index in [1.165, 1.54) is 347 Å². The van der Waals surface area contributed by atoms with E-state index in [9.17, 15) is 19.8 Å². The topological polar surface area (TPSA) is 95.9 Å². The van der Waals surface area contributed by atoms with Gasteiger partial charge in [-0.3, -0.25) is 9.59 Å². The number of aliphatic hydroxyl groups is 2. The standard InChI is InChI=1S/C80H151NO5/c1-3-5-7-9-11-13-15-17-19-21-22-37-41-44-48-52-56-60-64-68-72-78(83)77(76-82)81-79(84)73-69-65-61-57-53-49-45-42-38-35-33-31-29-27-25-23-24-26-28-30-32-34-36-39-43-47-51-55-59-63-67-71-75-86-80(85)74-70-66-62-58-54-50-46-40-20-18-16-14-12-10-8-6-4-2/h12,14,18,20,26,28,68,72,77-78,82-83H,3-11,13,15-17,19,21-25,27,29-67,69-71,73-76H2,1-2H3,(H,81,84)/b14-12-,20-18-,28-26-,72-68+. The van der Waals surface area contributed by atoms with Crippen molar-refractivity contribution in [2.75, 3.05) is 13.2 Å². The van der Waals surface area contributed by atoms with Gasteiger partial charge in [-0.05, 0) is 89.9 Å². The number of unbranched alkanes of at least 4 members (excludes halogenated alkanes) is 56. The number of nitrogens with one attached hydrogen (secondary N) is 1. The number of allylic oxidation sites excluding steroid dienone is 7. The third kappa shape index (κ3) is 70.9. The molecule has 0 rings (SSSR count). The number of ether oxygens (including phenoxy) is 1. The summed E-state index contributed by atoms with van der Waals surface area (Å²) in [6.07, 6.45) is 99.4. The van der Waals surface area contributed by atoms with Crippen molar-refractivity contribution in [3.8, 4) is 0 Å². The Morgan fingerprint density at radius 3 is 0.919 bits per heavy atom. The summed E-state index contributed by atoms with van der Waals surface area (Å²) in [6.45, 7) is 4.92. The summed E-state index contributed by atoms with van der Waals surface area (Å²) in [6, 6.07) is -0.627. The number of amides is 1. The van der Waals surface area contributed by atoms with Gasteiger partial charge in [-0.15, -0.1) is 0 Å². The molecule has 0 aliphatic heterocycles. The number of aliphatic hydroxyl groups excluding tert-OH is 2. The van der Waals surface area contributed by atoms with Crippen molar-refractivity contribution < 1.29 is 24.5 Å². The van der Waals surface area contributed by atoms with Gasteiger partial charge in [0, 0.05) is 12.8 Å². The summed E-state index contributed by atoms with van der Waals surface area (Å²) in [5, 5.41) is 23.3. The molecular weight excluding hydrogens is 1050 g/mol. The quantitative estimate of drug-likeness (QED) is 0.0320. The average molecular weight is 1210 g/mol. The molecule has 1 amide bonds. The number of carbonyl (C=O) groups excluding carboxylic acids is 2. The largest absolute Gasteiger partial charge is 0.466 e. The van der Waals surface area contributed by atoms with Crippen LogP contribution in [0.2, 0.25) is 0 Å². The van der Waals surface area contributed by atoms with Crippen LogP contribution >= 0.6 is 0 Å². The maximum absolute atomic E-state index is 12.5. The van der Waals surface area contributed by atoms with Crippen LogP contribution in [0.4, 0.5) is 0 Å². The summed E-state index contributed by atoms with van der Waals surface area (Å²) in [5.41, 5.74) is 0. The van der Waals surface area contributed by atoms with Gasteiger partial charge < -0.3 is 20.3 Å². The number of hydrogen-bond acceptors (Lipinski definition) is 5. The molecule has 0 aliphatic carbocycles. The van der Waals surface area contributed by atoms with Gasteiger partial charge in [0.25, 0.3) is 0 Å². The highest BCUT2D eigenvalue weighted by Gasteiger charge is 2.18. The third-order valence-corrected chi connectivity index (χ3v) is 18.1. The Hall–Kier alpha value is -2.18. The Labute approximate surface area is 537 Å². The fraction of sp³-hybridized carbons (Fsp3) is 0.875. The first kappa shape index (κ1) is 83.8. The van der Waals surface area contributed by atoms with Crippen LogP contribution in [0.15, 0.2) is 48.6 Å². The molecule has 6 nitrogen and oxygen atoms in total. The maximum atomic E-state index is 12.5. The Morgan fingerprint density at radius 2 is 0.581 bits per heavy atom. The molecule has 0 aromatic rings. The second-order valence-electron chi connectivity index (χ2n) is 26.7. The van der Waals surface area contributed by atoms with E-state index in [1.54, 1.807) is 6.08 Å². The van der Waals surface area contributed by atoms with E-state index in [1.807, 2.05) is 6.08 Å². The summed E-state index contributed by atoms with van der Waals surface area (Å²) in [5.74, 6) is -0.0510. The SMILES string of the molecule is CCCCC/C=C\C/C=C\CCCCCCCCCC(=O)OCCCCCCCCCCCCCC/C=C\CCCCCCCCCCCCCCCCCCC(=O)NC(CO)C(O)/C=C/CCCCCCCCCCCCCCCCCCCC. The van der Waals surface area contributed by atoms with Crippen LogP contribution in [0.1, 0.15) is 425 Å². The Bertz CT molecular complexity index is 1440. The Balaban J connectivity index is 3.38. The molecule has 0 saturated heterocycles. The van der Waals surface area contributed by atoms with E-state index < -0.39 is 12.1 Å². The molecule has 0 aromatic carbocycles. The van der Waals surface area contributed by atoms with Gasteiger partial charge in [-0.2, -0.15) is 0 Å². The van der Waals surface area contributed by atoms with Crippen molar-refractivity contribution >= 4 is 11.9 Å². The van der Waals surface area contributed by atoms with E-state index in [-0.39, 0.29) is 18.5 Å². The number of rotatable bonds is 73. The van der Waals surface area contributed by atoms with E-state index in [2.05, 4.69) is 55.6 Å². The van der Waals surface area contributed by atoms with Gasteiger partial charge in [0.1, 0.15) is 0 Å². The molecule has 2 unspecified atom stereocenters. The summed E-state index contributed by atoms with van der Waals surface area (Å²) >= 11 is 0. The highest BCUT2D eigenvalue weighted by atomic mass is 16.5. The molecule has 86 heavy (non-hydrogen) atoms. The fourth-order valence-electron chi connectivity index (χ4n) is 12.1. The van der Waals surface area contributed by atoms with Crippen molar-refractivity contribution in [3.05, 3.63) is 48.6 Å². The average Bonchev–Trinajstić information content (AvgIpc) is 3.54. The molecule has 6 heteroatoms. The number of hydrogen-bond donors (Lipinski definition) is 3. The molecule has 0 fully saturated rings. The number of esters is 1. The van der Waals surface area contributed by atoms with Crippen molar-refractivity contribution in [2.45, 2.75) is 437 Å². The Kier molecular flexibility index (Phi) is 73.4. The first-order chi connectivity index (χ1) is 42.5. The lowest BCUT2D eigenvalue weighted by atomic mass is 10.0. The van der Waals surface area contributed by atoms with Gasteiger partial charge in [0.15, 0.2) is 0 Å². The molecule has 0 radical (unpaired) electrons. The van der Waals surface area contributed by atoms with Crippen LogP contribution in [-0.4, -0.2) is 47.4 Å². The van der Waals surface area contributed by atoms with Crippen LogP contribution in [0, 0.1) is 0 Å². The highest BCUT2D eigenvalue weighted by Crippen LogP contribution is 2.19. The third-order valence-electron chi connectivity index (χ3n) is 18.1. The smallest absolute Gasteiger partial charge is 0.305 e. The monoisotopic (exact) mass is 1210 g/mol. The predicted octanol–water partition coefficient (Wildman–Crippen LogP) is 25.6. The Morgan fingerprint density at radius 1 is 0.326 bits per heavy atom. The van der Waals surface area contributed by atoms with Gasteiger partial charge in [-0.25, -0.2) is 0 Å². The molecule has 0 spiro atoms. The van der Waals surface area contributed by atoms with Gasteiger partial charge in [0.05, 0.1) is 25.4 Å². The molecule has 506 valence electrons. The maximum Gasteiger partial charge on any atom is 0.305 e. The zero-order valence-electron chi connectivity index (χ0n) is 58.1. The lowest BCUT2D eigenvalue weighted by Crippen LogP contribution is -2.45. The molecule has 3 N–H and O–H groups in total. The number of carbonyl (C=O) groups is 2. The lowest BCUT2D eigenvalue weighted by molar-refractivity contribution is -0.143. The van der Waals surface area contributed by atoms with E-state index in [0.717, 1.165) is 51.4 Å². The zero-order valence-corrected chi connectivity index (χ0v) is 58.1.